The van der Waals surface area contributed by atoms with Crippen LogP contribution in [0.1, 0.15) is 27.7 Å². The highest BCUT2D eigenvalue weighted by Crippen LogP contribution is 2.16. The van der Waals surface area contributed by atoms with E-state index in [4.69, 9.17) is 10.2 Å². The molecule has 108 valence electrons. The van der Waals surface area contributed by atoms with E-state index in [0.717, 1.165) is 0 Å². The number of hydrogen-bond donors (Lipinski definition) is 2. The molecule has 0 fully saturated rings. The minimum atomic E-state index is -0.472. The van der Waals surface area contributed by atoms with Crippen LogP contribution >= 0.6 is 0 Å². The molecule has 0 atom stereocenters. The third kappa shape index (κ3) is 3.46. The number of rotatable bonds is 2. The number of benzene rings is 1. The van der Waals surface area contributed by atoms with Crippen LogP contribution in [-0.4, -0.2) is 17.4 Å². The van der Waals surface area contributed by atoms with Gasteiger partial charge in [-0.3, -0.25) is 4.79 Å². The van der Waals surface area contributed by atoms with Gasteiger partial charge in [-0.1, -0.05) is 11.8 Å². The lowest BCUT2D eigenvalue weighted by molar-refractivity contribution is 0.0994. The molecule has 1 heterocycles. The van der Waals surface area contributed by atoms with E-state index in [1.807, 2.05) is 0 Å². The van der Waals surface area contributed by atoms with Gasteiger partial charge in [0.25, 0.3) is 5.91 Å². The van der Waals surface area contributed by atoms with E-state index in [0.29, 0.717) is 17.3 Å². The molecule has 2 aromatic rings. The van der Waals surface area contributed by atoms with E-state index in [2.05, 4.69) is 22.1 Å². The largest absolute Gasteiger partial charge is 0.436 e. The van der Waals surface area contributed by atoms with E-state index >= 15 is 0 Å². The number of anilines is 1. The van der Waals surface area contributed by atoms with Crippen LogP contribution in [0.3, 0.4) is 0 Å². The van der Waals surface area contributed by atoms with Crippen LogP contribution in [0.2, 0.25) is 0 Å². The zero-order chi connectivity index (χ0) is 15.4. The molecule has 0 radical (unpaired) electrons. The normalized spacial score (nSPS) is 9.90. The molecule has 3 N–H and O–H groups in total. The maximum atomic E-state index is 13.5. The number of aromatic nitrogens is 1. The summed E-state index contributed by atoms with van der Waals surface area (Å²) in [7, 11) is 0. The average Bonchev–Trinajstić information content (AvgIpc) is 2.78. The lowest BCUT2D eigenvalue weighted by Gasteiger charge is -2.04. The van der Waals surface area contributed by atoms with Gasteiger partial charge in [-0.15, -0.1) is 0 Å². The molecule has 0 saturated carbocycles. The number of aryl methyl sites for hydroxylation is 2. The van der Waals surface area contributed by atoms with Crippen LogP contribution in [0.25, 0.3) is 0 Å². The fraction of sp³-hybridized carbons (Fsp3) is 0.200. The summed E-state index contributed by atoms with van der Waals surface area (Å²) in [5.74, 6) is 4.79. The Bertz CT molecular complexity index is 741. The molecule has 2 rings (SSSR count). The summed E-state index contributed by atoms with van der Waals surface area (Å²) in [4.78, 5) is 16.1. The van der Waals surface area contributed by atoms with Crippen LogP contribution < -0.4 is 11.1 Å². The summed E-state index contributed by atoms with van der Waals surface area (Å²) < 4.78 is 18.8. The van der Waals surface area contributed by atoms with Crippen molar-refractivity contribution in [2.75, 3.05) is 11.9 Å². The summed E-state index contributed by atoms with van der Waals surface area (Å²) in [6.07, 6.45) is 0. The highest BCUT2D eigenvalue weighted by molar-refractivity contribution is 6.03. The predicted molar refractivity (Wildman–Crippen MR) is 76.3 cm³/mol. The van der Waals surface area contributed by atoms with E-state index < -0.39 is 11.7 Å². The van der Waals surface area contributed by atoms with Crippen molar-refractivity contribution in [3.05, 3.63) is 46.9 Å². The Kier molecular flexibility index (Phi) is 4.36. The average molecular weight is 287 g/mol. The molecule has 0 bridgehead atoms. The van der Waals surface area contributed by atoms with Gasteiger partial charge in [-0.25, -0.2) is 9.37 Å². The third-order valence-corrected chi connectivity index (χ3v) is 2.66. The molecule has 0 aliphatic rings. The number of carbonyl (C=O) groups excluding carboxylic acids is 1. The number of nitrogens with two attached hydrogens (primary N) is 1. The molecular formula is C15H14FN3O2. The second-order valence-electron chi connectivity index (χ2n) is 4.30. The predicted octanol–water partition coefficient (Wildman–Crippen LogP) is 1.99. The van der Waals surface area contributed by atoms with Gasteiger partial charge >= 0.3 is 0 Å². The molecule has 21 heavy (non-hydrogen) atoms. The van der Waals surface area contributed by atoms with Crippen molar-refractivity contribution in [1.29, 1.82) is 0 Å². The van der Waals surface area contributed by atoms with Crippen LogP contribution in [-0.2, 0) is 0 Å². The number of amides is 1. The lowest BCUT2D eigenvalue weighted by atomic mass is 10.2. The summed E-state index contributed by atoms with van der Waals surface area (Å²) in [6, 6.07) is 4.11. The smallest absolute Gasteiger partial charge is 0.293 e. The summed E-state index contributed by atoms with van der Waals surface area (Å²) >= 11 is 0. The molecule has 0 saturated heterocycles. The maximum Gasteiger partial charge on any atom is 0.293 e. The quantitative estimate of drug-likeness (QED) is 0.828. The number of nitrogens with one attached hydrogen (secondary N) is 1. The highest BCUT2D eigenvalue weighted by atomic mass is 19.1. The summed E-state index contributed by atoms with van der Waals surface area (Å²) in [6.45, 7) is 3.46. The van der Waals surface area contributed by atoms with Gasteiger partial charge in [-0.05, 0) is 25.1 Å². The minimum Gasteiger partial charge on any atom is -0.436 e. The van der Waals surface area contributed by atoms with Crippen LogP contribution in [0.15, 0.2) is 22.6 Å². The Balaban J connectivity index is 2.23. The van der Waals surface area contributed by atoms with Crippen molar-refractivity contribution >= 4 is 11.6 Å². The highest BCUT2D eigenvalue weighted by Gasteiger charge is 2.16. The van der Waals surface area contributed by atoms with Crippen molar-refractivity contribution in [1.82, 2.24) is 4.98 Å². The first-order chi connectivity index (χ1) is 10.0. The molecule has 0 aliphatic heterocycles. The van der Waals surface area contributed by atoms with Gasteiger partial charge in [0.15, 0.2) is 5.89 Å². The van der Waals surface area contributed by atoms with Gasteiger partial charge in [0.1, 0.15) is 5.82 Å². The maximum absolute atomic E-state index is 13.5. The van der Waals surface area contributed by atoms with Crippen molar-refractivity contribution in [3.8, 4) is 11.8 Å². The second kappa shape index (κ2) is 6.20. The van der Waals surface area contributed by atoms with Gasteiger partial charge in [0.05, 0.1) is 17.8 Å². The van der Waals surface area contributed by atoms with E-state index in [9.17, 15) is 9.18 Å². The molecule has 1 amide bonds. The lowest BCUT2D eigenvalue weighted by Crippen LogP contribution is -2.12. The molecule has 1 aromatic heterocycles. The van der Waals surface area contributed by atoms with Crippen molar-refractivity contribution in [2.45, 2.75) is 13.8 Å². The fourth-order valence-corrected chi connectivity index (χ4v) is 1.77. The first-order valence-corrected chi connectivity index (χ1v) is 6.25. The zero-order valence-corrected chi connectivity index (χ0v) is 11.7. The van der Waals surface area contributed by atoms with Crippen LogP contribution in [0.5, 0.6) is 0 Å². The Morgan fingerprint density at radius 2 is 2.24 bits per heavy atom. The Morgan fingerprint density at radius 3 is 2.86 bits per heavy atom. The van der Waals surface area contributed by atoms with Gasteiger partial charge in [0, 0.05) is 12.6 Å². The van der Waals surface area contributed by atoms with E-state index in [1.165, 1.54) is 18.2 Å². The van der Waals surface area contributed by atoms with Gasteiger partial charge < -0.3 is 15.5 Å². The Labute approximate surface area is 121 Å². The number of halogens is 1. The Hall–Kier alpha value is -2.65. The van der Waals surface area contributed by atoms with Crippen LogP contribution in [0, 0.1) is 31.5 Å². The first kappa shape index (κ1) is 14.8. The molecule has 0 unspecified atom stereocenters. The molecule has 1 aromatic carbocycles. The standard InChI is InChI=1S/C15H14FN3O2/c1-9-14(21-10(2)18-9)15(20)19-12-5-6-13(16)11(8-12)4-3-7-17/h5-6,8H,7,17H2,1-2H3,(H,19,20). The fourth-order valence-electron chi connectivity index (χ4n) is 1.77. The molecular weight excluding hydrogens is 273 g/mol. The second-order valence-corrected chi connectivity index (χ2v) is 4.30. The number of nitrogens with zero attached hydrogens (tertiary/aromatic N) is 1. The number of oxazole rings is 1. The zero-order valence-electron chi connectivity index (χ0n) is 11.7. The number of carbonyl (C=O) groups is 1. The number of hydrogen-bond acceptors (Lipinski definition) is 4. The van der Waals surface area contributed by atoms with Crippen molar-refractivity contribution < 1.29 is 13.6 Å². The molecule has 0 aliphatic carbocycles. The van der Waals surface area contributed by atoms with Crippen LogP contribution in [0.4, 0.5) is 10.1 Å². The summed E-state index contributed by atoms with van der Waals surface area (Å²) in [5.41, 5.74) is 6.33. The molecule has 5 nitrogen and oxygen atoms in total. The molecule has 0 spiro atoms. The SMILES string of the molecule is Cc1nc(C)c(C(=O)Nc2ccc(F)c(C#CCN)c2)o1. The first-order valence-electron chi connectivity index (χ1n) is 6.25. The van der Waals surface area contributed by atoms with Crippen molar-refractivity contribution in [2.24, 2.45) is 5.73 Å². The molecule has 6 heteroatoms. The minimum absolute atomic E-state index is 0.131. The third-order valence-electron chi connectivity index (χ3n) is 2.66. The Morgan fingerprint density at radius 1 is 1.48 bits per heavy atom. The van der Waals surface area contributed by atoms with E-state index in [-0.39, 0.29) is 17.9 Å². The van der Waals surface area contributed by atoms with Gasteiger partial charge in [0.2, 0.25) is 5.76 Å². The van der Waals surface area contributed by atoms with E-state index in [1.54, 1.807) is 13.8 Å². The summed E-state index contributed by atoms with van der Waals surface area (Å²) in [5, 5.41) is 2.62. The topological polar surface area (TPSA) is 81.2 Å². The van der Waals surface area contributed by atoms with Crippen molar-refractivity contribution in [3.63, 3.8) is 0 Å². The van der Waals surface area contributed by atoms with Gasteiger partial charge in [-0.2, -0.15) is 0 Å². The monoisotopic (exact) mass is 287 g/mol.